The van der Waals surface area contributed by atoms with Crippen molar-refractivity contribution in [2.24, 2.45) is 11.8 Å². The smallest absolute Gasteiger partial charge is 0.0351 e. The van der Waals surface area contributed by atoms with Gasteiger partial charge in [0.2, 0.25) is 0 Å². The molecular weight excluding hydrogens is 230 g/mol. The highest BCUT2D eigenvalue weighted by molar-refractivity contribution is 5.33. The van der Waals surface area contributed by atoms with Gasteiger partial charge in [0.05, 0.1) is 0 Å². The number of hydrogen-bond acceptors (Lipinski definition) is 1. The minimum atomic E-state index is 0.557. The normalized spacial score (nSPS) is 24.6. The maximum absolute atomic E-state index is 3.75. The summed E-state index contributed by atoms with van der Waals surface area (Å²) in [6, 6.07) is 7.45. The van der Waals surface area contributed by atoms with Crippen molar-refractivity contribution >= 4 is 0 Å². The summed E-state index contributed by atoms with van der Waals surface area (Å²) in [6.45, 7) is 10.1. The SMILES string of the molecule is CCNC(c1cc(C)ccc1C)C1CCC(CC)C1. The standard InChI is InChI=1S/C18H29N/c1-5-15-9-10-16(12-15)18(19-6-2)17-11-13(3)7-8-14(17)4/h7-8,11,15-16,18-19H,5-6,9-10,12H2,1-4H3. The van der Waals surface area contributed by atoms with Crippen LogP contribution in [0.5, 0.6) is 0 Å². The third-order valence-electron chi connectivity index (χ3n) is 4.82. The lowest BCUT2D eigenvalue weighted by molar-refractivity contribution is 0.358. The van der Waals surface area contributed by atoms with Crippen molar-refractivity contribution < 1.29 is 0 Å². The molecule has 0 aromatic heterocycles. The molecule has 0 heterocycles. The van der Waals surface area contributed by atoms with Gasteiger partial charge in [-0.25, -0.2) is 0 Å². The Hall–Kier alpha value is -0.820. The molecule has 106 valence electrons. The van der Waals surface area contributed by atoms with E-state index in [0.717, 1.165) is 18.4 Å². The van der Waals surface area contributed by atoms with E-state index >= 15 is 0 Å². The molecule has 1 aliphatic carbocycles. The highest BCUT2D eigenvalue weighted by Gasteiger charge is 2.31. The van der Waals surface area contributed by atoms with Crippen molar-refractivity contribution in [3.63, 3.8) is 0 Å². The van der Waals surface area contributed by atoms with Gasteiger partial charge in [0.25, 0.3) is 0 Å². The van der Waals surface area contributed by atoms with Crippen molar-refractivity contribution in [1.29, 1.82) is 0 Å². The molecule has 1 aromatic rings. The van der Waals surface area contributed by atoms with Gasteiger partial charge in [0.15, 0.2) is 0 Å². The van der Waals surface area contributed by atoms with Crippen LogP contribution in [0.2, 0.25) is 0 Å². The lowest BCUT2D eigenvalue weighted by atomic mass is 9.87. The second kappa shape index (κ2) is 6.56. The fourth-order valence-corrected chi connectivity index (χ4v) is 3.63. The van der Waals surface area contributed by atoms with Crippen molar-refractivity contribution in [1.82, 2.24) is 5.32 Å². The number of nitrogens with one attached hydrogen (secondary N) is 1. The Morgan fingerprint density at radius 2 is 2.00 bits per heavy atom. The van der Waals surface area contributed by atoms with Crippen LogP contribution in [-0.4, -0.2) is 6.54 Å². The van der Waals surface area contributed by atoms with E-state index < -0.39 is 0 Å². The lowest BCUT2D eigenvalue weighted by Gasteiger charge is -2.27. The Morgan fingerprint density at radius 3 is 2.63 bits per heavy atom. The van der Waals surface area contributed by atoms with Gasteiger partial charge in [-0.1, -0.05) is 50.5 Å². The molecule has 2 rings (SSSR count). The Balaban J connectivity index is 2.22. The number of rotatable bonds is 5. The predicted molar refractivity (Wildman–Crippen MR) is 83.5 cm³/mol. The summed E-state index contributed by atoms with van der Waals surface area (Å²) in [4.78, 5) is 0. The molecule has 1 aromatic carbocycles. The summed E-state index contributed by atoms with van der Waals surface area (Å²) < 4.78 is 0. The summed E-state index contributed by atoms with van der Waals surface area (Å²) in [5.74, 6) is 1.78. The molecule has 0 bridgehead atoms. The molecule has 1 nitrogen and oxygen atoms in total. The molecule has 1 saturated carbocycles. The summed E-state index contributed by atoms with van der Waals surface area (Å²) in [5, 5.41) is 3.75. The molecule has 0 saturated heterocycles. The summed E-state index contributed by atoms with van der Waals surface area (Å²) in [7, 11) is 0. The van der Waals surface area contributed by atoms with Gasteiger partial charge < -0.3 is 5.32 Å². The molecule has 0 radical (unpaired) electrons. The van der Waals surface area contributed by atoms with E-state index in [4.69, 9.17) is 0 Å². The molecule has 1 fully saturated rings. The second-order valence-electron chi connectivity index (χ2n) is 6.24. The quantitative estimate of drug-likeness (QED) is 0.802. The zero-order valence-corrected chi connectivity index (χ0v) is 13.0. The van der Waals surface area contributed by atoms with Crippen molar-refractivity contribution in [3.8, 4) is 0 Å². The van der Waals surface area contributed by atoms with E-state index in [9.17, 15) is 0 Å². The Bertz CT molecular complexity index is 410. The average molecular weight is 259 g/mol. The summed E-state index contributed by atoms with van der Waals surface area (Å²) in [5.41, 5.74) is 4.36. The highest BCUT2D eigenvalue weighted by atomic mass is 14.9. The van der Waals surface area contributed by atoms with Crippen LogP contribution in [0.15, 0.2) is 18.2 Å². The van der Waals surface area contributed by atoms with Crippen LogP contribution in [0.4, 0.5) is 0 Å². The van der Waals surface area contributed by atoms with Crippen LogP contribution >= 0.6 is 0 Å². The Morgan fingerprint density at radius 1 is 1.21 bits per heavy atom. The zero-order valence-electron chi connectivity index (χ0n) is 13.0. The van der Waals surface area contributed by atoms with Crippen LogP contribution in [0.25, 0.3) is 0 Å². The van der Waals surface area contributed by atoms with Crippen LogP contribution in [-0.2, 0) is 0 Å². The molecule has 1 N–H and O–H groups in total. The van der Waals surface area contributed by atoms with E-state index in [1.54, 1.807) is 0 Å². The van der Waals surface area contributed by atoms with E-state index in [2.05, 4.69) is 51.2 Å². The average Bonchev–Trinajstić information content (AvgIpc) is 2.88. The van der Waals surface area contributed by atoms with Gasteiger partial charge in [-0.2, -0.15) is 0 Å². The zero-order chi connectivity index (χ0) is 13.8. The molecule has 19 heavy (non-hydrogen) atoms. The first-order chi connectivity index (χ1) is 9.15. The van der Waals surface area contributed by atoms with Crippen molar-refractivity contribution in [2.75, 3.05) is 6.54 Å². The Kier molecular flexibility index (Phi) is 5.04. The van der Waals surface area contributed by atoms with Gasteiger partial charge in [0.1, 0.15) is 0 Å². The van der Waals surface area contributed by atoms with E-state index in [1.165, 1.54) is 42.4 Å². The molecular formula is C18H29N. The summed E-state index contributed by atoms with van der Waals surface area (Å²) in [6.07, 6.45) is 5.57. The second-order valence-corrected chi connectivity index (χ2v) is 6.24. The molecule has 0 amide bonds. The van der Waals surface area contributed by atoms with Crippen LogP contribution < -0.4 is 5.32 Å². The van der Waals surface area contributed by atoms with Crippen LogP contribution in [0, 0.1) is 25.7 Å². The molecule has 3 atom stereocenters. The number of hydrogen-bond donors (Lipinski definition) is 1. The third kappa shape index (κ3) is 3.39. The van der Waals surface area contributed by atoms with Gasteiger partial charge in [-0.05, 0) is 56.2 Å². The molecule has 1 aliphatic rings. The maximum atomic E-state index is 3.75. The highest BCUT2D eigenvalue weighted by Crippen LogP contribution is 2.41. The first kappa shape index (κ1) is 14.6. The number of benzene rings is 1. The van der Waals surface area contributed by atoms with E-state index in [-0.39, 0.29) is 0 Å². The fourth-order valence-electron chi connectivity index (χ4n) is 3.63. The van der Waals surface area contributed by atoms with Gasteiger partial charge in [-0.3, -0.25) is 0 Å². The Labute approximate surface area is 118 Å². The van der Waals surface area contributed by atoms with Crippen molar-refractivity contribution in [3.05, 3.63) is 34.9 Å². The van der Waals surface area contributed by atoms with Crippen LogP contribution in [0.3, 0.4) is 0 Å². The van der Waals surface area contributed by atoms with Gasteiger partial charge in [0, 0.05) is 6.04 Å². The molecule has 0 spiro atoms. The minimum Gasteiger partial charge on any atom is -0.310 e. The fraction of sp³-hybridized carbons (Fsp3) is 0.667. The predicted octanol–water partition coefficient (Wildman–Crippen LogP) is 4.78. The van der Waals surface area contributed by atoms with Crippen LogP contribution in [0.1, 0.15) is 62.3 Å². The first-order valence-corrected chi connectivity index (χ1v) is 7.96. The van der Waals surface area contributed by atoms with E-state index in [0.29, 0.717) is 6.04 Å². The number of aryl methyl sites for hydroxylation is 2. The monoisotopic (exact) mass is 259 g/mol. The largest absolute Gasteiger partial charge is 0.310 e. The molecule has 3 unspecified atom stereocenters. The third-order valence-corrected chi connectivity index (χ3v) is 4.82. The minimum absolute atomic E-state index is 0.557. The van der Waals surface area contributed by atoms with Crippen molar-refractivity contribution in [2.45, 2.75) is 59.4 Å². The molecule has 0 aliphatic heterocycles. The molecule has 1 heteroatoms. The van der Waals surface area contributed by atoms with E-state index in [1.807, 2.05) is 0 Å². The topological polar surface area (TPSA) is 12.0 Å². The maximum Gasteiger partial charge on any atom is 0.0351 e. The van der Waals surface area contributed by atoms with Gasteiger partial charge >= 0.3 is 0 Å². The summed E-state index contributed by atoms with van der Waals surface area (Å²) >= 11 is 0. The first-order valence-electron chi connectivity index (χ1n) is 7.96. The van der Waals surface area contributed by atoms with Gasteiger partial charge in [-0.15, -0.1) is 0 Å². The lowest BCUT2D eigenvalue weighted by Crippen LogP contribution is -2.28.